The smallest absolute Gasteiger partial charge is 0.343 e. The summed E-state index contributed by atoms with van der Waals surface area (Å²) >= 11 is 0. The van der Waals surface area contributed by atoms with Gasteiger partial charge in [-0.25, -0.2) is 9.18 Å². The average Bonchev–Trinajstić information content (AvgIpc) is 2.55. The van der Waals surface area contributed by atoms with Crippen molar-refractivity contribution in [1.82, 2.24) is 4.98 Å². The van der Waals surface area contributed by atoms with Gasteiger partial charge in [0.25, 0.3) is 5.69 Å². The van der Waals surface area contributed by atoms with E-state index in [0.717, 1.165) is 12.1 Å². The van der Waals surface area contributed by atoms with Gasteiger partial charge < -0.3 is 4.74 Å². The molecule has 0 aliphatic carbocycles. The number of rotatable bonds is 3. The van der Waals surface area contributed by atoms with Crippen molar-refractivity contribution in [1.29, 1.82) is 0 Å². The highest BCUT2D eigenvalue weighted by Gasteiger charge is 2.18. The third-order valence-electron chi connectivity index (χ3n) is 3.19. The van der Waals surface area contributed by atoms with E-state index >= 15 is 0 Å². The van der Waals surface area contributed by atoms with Crippen LogP contribution in [0.2, 0.25) is 0 Å². The molecule has 0 aliphatic rings. The Morgan fingerprint density at radius 3 is 2.57 bits per heavy atom. The average molecular weight is 312 g/mol. The van der Waals surface area contributed by atoms with Gasteiger partial charge in [-0.3, -0.25) is 15.1 Å². The Labute approximate surface area is 129 Å². The fourth-order valence-corrected chi connectivity index (χ4v) is 2.12. The lowest BCUT2D eigenvalue weighted by Crippen LogP contribution is -2.09. The first kappa shape index (κ1) is 14.6. The van der Waals surface area contributed by atoms with E-state index < -0.39 is 16.7 Å². The first-order valence-corrected chi connectivity index (χ1v) is 6.56. The largest absolute Gasteiger partial charge is 0.421 e. The molecule has 0 saturated heterocycles. The molecule has 0 bridgehead atoms. The van der Waals surface area contributed by atoms with Crippen molar-refractivity contribution in [3.05, 3.63) is 76.2 Å². The van der Waals surface area contributed by atoms with Crippen LogP contribution in [0.25, 0.3) is 10.9 Å². The number of aromatic nitrogens is 1. The summed E-state index contributed by atoms with van der Waals surface area (Å²) in [5, 5.41) is 11.3. The van der Waals surface area contributed by atoms with Gasteiger partial charge in [0.1, 0.15) is 11.3 Å². The number of carbonyl (C=O) groups is 1. The Bertz CT molecular complexity index is 910. The van der Waals surface area contributed by atoms with Crippen LogP contribution in [0.5, 0.6) is 5.75 Å². The van der Waals surface area contributed by atoms with E-state index in [1.807, 2.05) is 0 Å². The van der Waals surface area contributed by atoms with E-state index in [1.54, 1.807) is 6.07 Å². The molecule has 0 saturated carbocycles. The molecule has 0 fully saturated rings. The highest BCUT2D eigenvalue weighted by atomic mass is 19.1. The molecule has 2 aromatic carbocycles. The third kappa shape index (κ3) is 2.84. The quantitative estimate of drug-likeness (QED) is 0.320. The SMILES string of the molecule is O=C(Oc1ccc([N+](=O)[O-])c2cccnc12)c1ccc(F)cc1. The topological polar surface area (TPSA) is 82.3 Å². The van der Waals surface area contributed by atoms with Gasteiger partial charge in [-0.05, 0) is 42.5 Å². The number of nitro benzene ring substituents is 1. The molecule has 0 radical (unpaired) electrons. The van der Waals surface area contributed by atoms with Gasteiger partial charge in [-0.2, -0.15) is 0 Å². The lowest BCUT2D eigenvalue weighted by molar-refractivity contribution is -0.383. The minimum absolute atomic E-state index is 0.0977. The van der Waals surface area contributed by atoms with Crippen LogP contribution in [0.3, 0.4) is 0 Å². The summed E-state index contributed by atoms with van der Waals surface area (Å²) in [6.07, 6.45) is 1.45. The van der Waals surface area contributed by atoms with Crippen molar-refractivity contribution >= 4 is 22.6 Å². The molecule has 114 valence electrons. The number of hydrogen-bond acceptors (Lipinski definition) is 5. The summed E-state index contributed by atoms with van der Waals surface area (Å²) in [5.74, 6) is -1.07. The molecule has 23 heavy (non-hydrogen) atoms. The molecule has 0 amide bonds. The van der Waals surface area contributed by atoms with Gasteiger partial charge in [-0.1, -0.05) is 0 Å². The van der Waals surface area contributed by atoms with Gasteiger partial charge in [0, 0.05) is 12.3 Å². The number of nitro groups is 1. The lowest BCUT2D eigenvalue weighted by atomic mass is 10.1. The maximum atomic E-state index is 12.9. The molecule has 0 unspecified atom stereocenters. The number of ether oxygens (including phenoxy) is 1. The molecule has 1 aromatic heterocycles. The summed E-state index contributed by atoms with van der Waals surface area (Å²) in [7, 11) is 0. The van der Waals surface area contributed by atoms with Crippen molar-refractivity contribution in [2.45, 2.75) is 0 Å². The zero-order valence-corrected chi connectivity index (χ0v) is 11.6. The molecule has 3 aromatic rings. The van der Waals surface area contributed by atoms with Crippen LogP contribution >= 0.6 is 0 Å². The van der Waals surface area contributed by atoms with Crippen molar-refractivity contribution < 1.29 is 18.8 Å². The van der Waals surface area contributed by atoms with E-state index in [1.165, 1.54) is 36.5 Å². The highest BCUT2D eigenvalue weighted by Crippen LogP contribution is 2.31. The molecule has 6 nitrogen and oxygen atoms in total. The molecule has 0 atom stereocenters. The molecular weight excluding hydrogens is 303 g/mol. The minimum atomic E-state index is -0.703. The predicted molar refractivity (Wildman–Crippen MR) is 79.8 cm³/mol. The maximum absolute atomic E-state index is 12.9. The Morgan fingerprint density at radius 1 is 1.13 bits per heavy atom. The Hall–Kier alpha value is -3.35. The highest BCUT2D eigenvalue weighted by molar-refractivity contribution is 5.96. The number of hydrogen-bond donors (Lipinski definition) is 0. The first-order chi connectivity index (χ1) is 11.1. The molecule has 0 spiro atoms. The maximum Gasteiger partial charge on any atom is 0.343 e. The van der Waals surface area contributed by atoms with E-state index in [0.29, 0.717) is 0 Å². The number of halogens is 1. The van der Waals surface area contributed by atoms with E-state index in [-0.39, 0.29) is 27.9 Å². The van der Waals surface area contributed by atoms with Crippen molar-refractivity contribution in [3.8, 4) is 5.75 Å². The fourth-order valence-electron chi connectivity index (χ4n) is 2.12. The second-order valence-corrected chi connectivity index (χ2v) is 4.64. The van der Waals surface area contributed by atoms with Crippen molar-refractivity contribution in [2.75, 3.05) is 0 Å². The van der Waals surface area contributed by atoms with Gasteiger partial charge in [0.15, 0.2) is 5.75 Å². The first-order valence-electron chi connectivity index (χ1n) is 6.56. The van der Waals surface area contributed by atoms with Crippen LogP contribution in [-0.4, -0.2) is 15.9 Å². The summed E-state index contributed by atoms with van der Waals surface area (Å²) in [5.41, 5.74) is 0.237. The molecule has 0 N–H and O–H groups in total. The van der Waals surface area contributed by atoms with Gasteiger partial charge in [-0.15, -0.1) is 0 Å². The van der Waals surface area contributed by atoms with Gasteiger partial charge in [0.05, 0.1) is 15.9 Å². The molecule has 3 rings (SSSR count). The van der Waals surface area contributed by atoms with E-state index in [2.05, 4.69) is 4.98 Å². The van der Waals surface area contributed by atoms with Crippen molar-refractivity contribution in [3.63, 3.8) is 0 Å². The third-order valence-corrected chi connectivity index (χ3v) is 3.19. The second-order valence-electron chi connectivity index (χ2n) is 4.64. The van der Waals surface area contributed by atoms with Crippen LogP contribution in [0, 0.1) is 15.9 Å². The minimum Gasteiger partial charge on any atom is -0.421 e. The Balaban J connectivity index is 2.00. The molecule has 7 heteroatoms. The standard InChI is InChI=1S/C16H9FN2O4/c17-11-5-3-10(4-6-11)16(20)23-14-8-7-13(19(21)22)12-2-1-9-18-15(12)14/h1-9H. The normalized spacial score (nSPS) is 10.5. The summed E-state index contributed by atoms with van der Waals surface area (Å²) < 4.78 is 18.1. The Morgan fingerprint density at radius 2 is 1.87 bits per heavy atom. The fraction of sp³-hybridized carbons (Fsp3) is 0. The van der Waals surface area contributed by atoms with E-state index in [9.17, 15) is 19.3 Å². The lowest BCUT2D eigenvalue weighted by Gasteiger charge is -2.07. The van der Waals surface area contributed by atoms with Gasteiger partial charge >= 0.3 is 5.97 Å². The molecule has 1 heterocycles. The summed E-state index contributed by atoms with van der Waals surface area (Å²) in [6, 6.07) is 10.5. The Kier molecular flexibility index (Phi) is 3.68. The number of non-ortho nitro benzene ring substituents is 1. The molecule has 0 aliphatic heterocycles. The summed E-state index contributed by atoms with van der Waals surface area (Å²) in [4.78, 5) is 26.6. The second kappa shape index (κ2) is 5.80. The predicted octanol–water partition coefficient (Wildman–Crippen LogP) is 3.50. The number of pyridine rings is 1. The van der Waals surface area contributed by atoms with Gasteiger partial charge in [0.2, 0.25) is 0 Å². The van der Waals surface area contributed by atoms with Crippen molar-refractivity contribution in [2.24, 2.45) is 0 Å². The van der Waals surface area contributed by atoms with Crippen LogP contribution in [0.15, 0.2) is 54.7 Å². The summed E-state index contributed by atoms with van der Waals surface area (Å²) in [6.45, 7) is 0. The molecular formula is C16H9FN2O4. The number of nitrogens with zero attached hydrogens (tertiary/aromatic N) is 2. The van der Waals surface area contributed by atoms with Crippen LogP contribution in [-0.2, 0) is 0 Å². The monoisotopic (exact) mass is 312 g/mol. The number of esters is 1. The zero-order valence-electron chi connectivity index (χ0n) is 11.6. The van der Waals surface area contributed by atoms with Crippen LogP contribution in [0.1, 0.15) is 10.4 Å². The van der Waals surface area contributed by atoms with Crippen LogP contribution in [0.4, 0.5) is 10.1 Å². The zero-order chi connectivity index (χ0) is 16.4. The van der Waals surface area contributed by atoms with E-state index in [4.69, 9.17) is 4.74 Å². The van der Waals surface area contributed by atoms with Crippen LogP contribution < -0.4 is 4.74 Å². The number of carbonyl (C=O) groups excluding carboxylic acids is 1. The number of benzene rings is 2. The number of fused-ring (bicyclic) bond motifs is 1.